The number of para-hydroxylation sites is 2. The molecule has 0 spiro atoms. The summed E-state index contributed by atoms with van der Waals surface area (Å²) in [6.07, 6.45) is 0. The van der Waals surface area contributed by atoms with E-state index in [0.29, 0.717) is 22.5 Å². The van der Waals surface area contributed by atoms with Crippen molar-refractivity contribution in [1.29, 1.82) is 0 Å². The highest BCUT2D eigenvalue weighted by atomic mass is 16.2. The van der Waals surface area contributed by atoms with Gasteiger partial charge in [-0.25, -0.2) is 0 Å². The fraction of sp³-hybridized carbons (Fsp3) is 0.0870. The van der Waals surface area contributed by atoms with Crippen molar-refractivity contribution < 1.29 is 14.4 Å². The van der Waals surface area contributed by atoms with Crippen LogP contribution in [0.15, 0.2) is 84.9 Å². The molecular formula is C23H18N2O3. The summed E-state index contributed by atoms with van der Waals surface area (Å²) in [6.45, 7) is 1.59. The number of hydrogen-bond acceptors (Lipinski definition) is 3. The summed E-state index contributed by atoms with van der Waals surface area (Å²) in [5, 5.41) is 0. The van der Waals surface area contributed by atoms with Crippen molar-refractivity contribution >= 4 is 29.1 Å². The Hall–Kier alpha value is -3.73. The minimum atomic E-state index is -0.951. The third-order valence-electron chi connectivity index (χ3n) is 4.82. The van der Waals surface area contributed by atoms with Gasteiger partial charge in [0.1, 0.15) is 6.04 Å². The van der Waals surface area contributed by atoms with Crippen LogP contribution in [0.1, 0.15) is 27.6 Å². The number of benzene rings is 3. The maximum absolute atomic E-state index is 13.5. The van der Waals surface area contributed by atoms with Gasteiger partial charge in [0.2, 0.25) is 0 Å². The minimum Gasteiger partial charge on any atom is -0.279 e. The van der Waals surface area contributed by atoms with Gasteiger partial charge in [0.25, 0.3) is 17.7 Å². The van der Waals surface area contributed by atoms with Gasteiger partial charge in [-0.2, -0.15) is 0 Å². The molecule has 5 nitrogen and oxygen atoms in total. The predicted octanol–water partition coefficient (Wildman–Crippen LogP) is 4.04. The van der Waals surface area contributed by atoms with Crippen molar-refractivity contribution in [3.05, 3.63) is 96.1 Å². The van der Waals surface area contributed by atoms with Crippen LogP contribution in [0.4, 0.5) is 11.4 Å². The average molecular weight is 370 g/mol. The molecule has 3 amide bonds. The molecule has 1 unspecified atom stereocenters. The molecule has 0 bridgehead atoms. The molecule has 3 aromatic carbocycles. The summed E-state index contributed by atoms with van der Waals surface area (Å²) in [6, 6.07) is 24.0. The van der Waals surface area contributed by atoms with Crippen LogP contribution in [-0.2, 0) is 4.79 Å². The Kier molecular flexibility index (Phi) is 4.49. The molecule has 0 aromatic heterocycles. The van der Waals surface area contributed by atoms with E-state index in [4.69, 9.17) is 0 Å². The van der Waals surface area contributed by atoms with Gasteiger partial charge in [-0.1, -0.05) is 48.5 Å². The molecule has 0 fully saturated rings. The van der Waals surface area contributed by atoms with E-state index < -0.39 is 17.9 Å². The first kappa shape index (κ1) is 17.7. The van der Waals surface area contributed by atoms with Gasteiger partial charge in [0.15, 0.2) is 0 Å². The van der Waals surface area contributed by atoms with Crippen LogP contribution in [0.3, 0.4) is 0 Å². The molecule has 4 rings (SSSR count). The number of hydrogen-bond donors (Lipinski definition) is 0. The summed E-state index contributed by atoms with van der Waals surface area (Å²) in [5.41, 5.74) is 2.00. The van der Waals surface area contributed by atoms with Crippen LogP contribution in [0.25, 0.3) is 0 Å². The Morgan fingerprint density at radius 3 is 1.54 bits per heavy atom. The van der Waals surface area contributed by atoms with Crippen molar-refractivity contribution in [2.24, 2.45) is 0 Å². The zero-order chi connectivity index (χ0) is 19.7. The Bertz CT molecular complexity index is 973. The van der Waals surface area contributed by atoms with Crippen LogP contribution < -0.4 is 4.90 Å². The molecule has 1 aliphatic heterocycles. The third-order valence-corrected chi connectivity index (χ3v) is 4.82. The summed E-state index contributed by atoms with van der Waals surface area (Å²) in [5.74, 6) is -1.24. The normalized spacial score (nSPS) is 14.0. The highest BCUT2D eigenvalue weighted by Gasteiger charge is 2.42. The fourth-order valence-corrected chi connectivity index (χ4v) is 3.41. The maximum Gasteiger partial charge on any atom is 0.262 e. The van der Waals surface area contributed by atoms with Gasteiger partial charge in [-0.05, 0) is 43.3 Å². The second-order valence-corrected chi connectivity index (χ2v) is 6.55. The molecule has 138 valence electrons. The lowest BCUT2D eigenvalue weighted by Crippen LogP contribution is -2.48. The average Bonchev–Trinajstić information content (AvgIpc) is 3.00. The maximum atomic E-state index is 13.5. The smallest absolute Gasteiger partial charge is 0.262 e. The monoisotopic (exact) mass is 370 g/mol. The molecule has 5 heteroatoms. The molecule has 0 aliphatic carbocycles. The van der Waals surface area contributed by atoms with Crippen molar-refractivity contribution in [3.8, 4) is 0 Å². The highest BCUT2D eigenvalue weighted by molar-refractivity contribution is 6.23. The fourth-order valence-electron chi connectivity index (χ4n) is 3.41. The van der Waals surface area contributed by atoms with Crippen molar-refractivity contribution in [2.45, 2.75) is 13.0 Å². The van der Waals surface area contributed by atoms with Crippen LogP contribution in [0.2, 0.25) is 0 Å². The molecule has 0 saturated carbocycles. The van der Waals surface area contributed by atoms with E-state index in [0.717, 1.165) is 4.90 Å². The van der Waals surface area contributed by atoms with Gasteiger partial charge in [0, 0.05) is 11.4 Å². The highest BCUT2D eigenvalue weighted by Crippen LogP contribution is 2.30. The molecule has 1 aliphatic rings. The zero-order valence-corrected chi connectivity index (χ0v) is 15.3. The first-order valence-corrected chi connectivity index (χ1v) is 9.00. The lowest BCUT2D eigenvalue weighted by Gasteiger charge is -2.29. The molecule has 0 radical (unpaired) electrons. The minimum absolute atomic E-state index is 0.332. The van der Waals surface area contributed by atoms with E-state index in [9.17, 15) is 14.4 Å². The summed E-state index contributed by atoms with van der Waals surface area (Å²) < 4.78 is 0. The molecule has 0 N–H and O–H groups in total. The molecule has 1 heterocycles. The van der Waals surface area contributed by atoms with Crippen LogP contribution >= 0.6 is 0 Å². The van der Waals surface area contributed by atoms with Crippen molar-refractivity contribution in [2.75, 3.05) is 4.90 Å². The third kappa shape index (κ3) is 2.87. The standard InChI is InChI=1S/C23H18N2O3/c1-16(24-22(27)19-14-8-9-15-20(19)23(24)28)21(26)25(17-10-4-2-5-11-17)18-12-6-3-7-13-18/h2-16H,1H3. The van der Waals surface area contributed by atoms with Gasteiger partial charge >= 0.3 is 0 Å². The number of carbonyl (C=O) groups is 3. The number of anilines is 2. The second-order valence-electron chi connectivity index (χ2n) is 6.55. The Morgan fingerprint density at radius 1 is 0.714 bits per heavy atom. The summed E-state index contributed by atoms with van der Waals surface area (Å²) >= 11 is 0. The van der Waals surface area contributed by atoms with E-state index in [1.54, 1.807) is 31.2 Å². The van der Waals surface area contributed by atoms with Crippen LogP contribution in [0.5, 0.6) is 0 Å². The van der Waals surface area contributed by atoms with Gasteiger partial charge in [-0.3, -0.25) is 24.2 Å². The lowest BCUT2D eigenvalue weighted by molar-refractivity contribution is -0.121. The number of imide groups is 1. The number of rotatable bonds is 4. The number of carbonyl (C=O) groups excluding carboxylic acids is 3. The molecule has 1 atom stereocenters. The van der Waals surface area contributed by atoms with E-state index >= 15 is 0 Å². The SMILES string of the molecule is CC(C(=O)N(c1ccccc1)c1ccccc1)N1C(=O)c2ccccc2C1=O. The molecule has 3 aromatic rings. The summed E-state index contributed by atoms with van der Waals surface area (Å²) in [4.78, 5) is 41.6. The first-order chi connectivity index (χ1) is 13.6. The quantitative estimate of drug-likeness (QED) is 0.652. The Labute approximate surface area is 162 Å². The second kappa shape index (κ2) is 7.12. The Morgan fingerprint density at radius 2 is 1.11 bits per heavy atom. The van der Waals surface area contributed by atoms with Gasteiger partial charge < -0.3 is 0 Å². The van der Waals surface area contributed by atoms with Crippen molar-refractivity contribution in [3.63, 3.8) is 0 Å². The van der Waals surface area contributed by atoms with E-state index in [2.05, 4.69) is 0 Å². The molecule has 0 saturated heterocycles. The van der Waals surface area contributed by atoms with Crippen LogP contribution in [0, 0.1) is 0 Å². The van der Waals surface area contributed by atoms with E-state index in [-0.39, 0.29) is 5.91 Å². The molecular weight excluding hydrogens is 352 g/mol. The van der Waals surface area contributed by atoms with Crippen molar-refractivity contribution in [1.82, 2.24) is 4.90 Å². The van der Waals surface area contributed by atoms with E-state index in [1.807, 2.05) is 60.7 Å². The first-order valence-electron chi connectivity index (χ1n) is 9.00. The van der Waals surface area contributed by atoms with E-state index in [1.165, 1.54) is 4.90 Å². The number of fused-ring (bicyclic) bond motifs is 1. The van der Waals surface area contributed by atoms with Gasteiger partial charge in [-0.15, -0.1) is 0 Å². The topological polar surface area (TPSA) is 57.7 Å². The number of amides is 3. The molecule has 28 heavy (non-hydrogen) atoms. The number of nitrogens with zero attached hydrogens (tertiary/aromatic N) is 2. The lowest BCUT2D eigenvalue weighted by atomic mass is 10.1. The Balaban J connectivity index is 1.72. The predicted molar refractivity (Wildman–Crippen MR) is 106 cm³/mol. The van der Waals surface area contributed by atoms with Crippen LogP contribution in [-0.4, -0.2) is 28.7 Å². The zero-order valence-electron chi connectivity index (χ0n) is 15.3. The summed E-state index contributed by atoms with van der Waals surface area (Å²) in [7, 11) is 0. The van der Waals surface area contributed by atoms with Gasteiger partial charge in [0.05, 0.1) is 11.1 Å². The largest absolute Gasteiger partial charge is 0.279 e.